The second-order valence-corrected chi connectivity index (χ2v) is 1.36. The average molecular weight is 389 g/mol. The Morgan fingerprint density at radius 2 is 2.20 bits per heavy atom. The summed E-state index contributed by atoms with van der Waals surface area (Å²) < 4.78 is 4.79. The fourth-order valence-corrected chi connectivity index (χ4v) is 0.341. The molecule has 0 saturated carbocycles. The largest absolute Gasteiger partial charge is 0.528 e. The fraction of sp³-hybridized carbons (Fsp3) is 0.800. The number of aliphatic hydroxyl groups is 1. The molecule has 0 atom stereocenters. The molecule has 0 radical (unpaired) electrons. The minimum atomic E-state index is 0. The Hall–Kier alpha value is -1.61. The molecule has 0 aliphatic carbocycles. The van der Waals surface area contributed by atoms with Crippen LogP contribution in [0, 0.1) is 0 Å². The molecule has 0 rings (SSSR count). The predicted octanol–water partition coefficient (Wildman–Crippen LogP) is -1.35. The minimum Gasteiger partial charge on any atom is -0.528 e. The van der Waals surface area contributed by atoms with E-state index in [1.165, 1.54) is 6.41 Å². The Kier molecular flexibility index (Phi) is 11.7. The zero-order chi connectivity index (χ0) is 6.95. The van der Waals surface area contributed by atoms with Gasteiger partial charge in [0, 0.05) is 6.54 Å². The van der Waals surface area contributed by atoms with Crippen LogP contribution in [0.5, 0.6) is 0 Å². The second-order valence-electron chi connectivity index (χ2n) is 1.36. The van der Waals surface area contributed by atoms with Crippen LogP contribution in [0.15, 0.2) is 0 Å². The number of ether oxygens (including phenoxy) is 1. The van der Waals surface area contributed by atoms with Crippen molar-refractivity contribution in [3.8, 4) is 0 Å². The van der Waals surface area contributed by atoms with Gasteiger partial charge in [0.2, 0.25) is 0 Å². The average Bonchev–Trinajstić information content (AvgIpc) is 1.89. The van der Waals surface area contributed by atoms with Crippen LogP contribution in [0.1, 0.15) is 0 Å². The molecular formula is C5H10FmNO3-. The van der Waals surface area contributed by atoms with E-state index in [-0.39, 0.29) is 6.61 Å². The van der Waals surface area contributed by atoms with Crippen LogP contribution < -0.4 is 5.32 Å². The smallest absolute Gasteiger partial charge is 0.0698 e. The maximum atomic E-state index is 9.50. The van der Waals surface area contributed by atoms with E-state index in [0.717, 1.165) is 0 Å². The third-order valence-electron chi connectivity index (χ3n) is 0.679. The number of nitrogens with one attached hydrogen (secondary N) is 1. The first kappa shape index (κ1) is 11.2. The van der Waals surface area contributed by atoms with E-state index >= 15 is 0 Å². The van der Waals surface area contributed by atoms with Crippen molar-refractivity contribution in [2.24, 2.45) is 0 Å². The van der Waals surface area contributed by atoms with Crippen molar-refractivity contribution in [1.82, 2.24) is 5.32 Å². The van der Waals surface area contributed by atoms with Crippen molar-refractivity contribution in [3.63, 3.8) is 0 Å². The van der Waals surface area contributed by atoms with Crippen LogP contribution in [0.3, 0.4) is 0 Å². The molecule has 0 aromatic rings. The molecule has 10 heavy (non-hydrogen) atoms. The summed E-state index contributed by atoms with van der Waals surface area (Å²) in [6.07, 6.45) is 1.50. The van der Waals surface area contributed by atoms with Crippen molar-refractivity contribution in [2.75, 3.05) is 26.4 Å². The quantitative estimate of drug-likeness (QED) is 0.336. The molecule has 0 aliphatic rings. The van der Waals surface area contributed by atoms with Gasteiger partial charge in [-0.1, -0.05) is 0 Å². The summed E-state index contributed by atoms with van der Waals surface area (Å²) in [4.78, 5) is 9.50. The number of aliphatic hydroxyl groups excluding tert-OH is 1. The van der Waals surface area contributed by atoms with Crippen LogP contribution in [0.2, 0.25) is 0 Å². The SMILES string of the molecule is O=[C-]NCCOCCO.[Fm]. The van der Waals surface area contributed by atoms with Gasteiger partial charge in [-0.2, -0.15) is 6.41 Å². The van der Waals surface area contributed by atoms with Crippen molar-refractivity contribution >= 4 is 6.41 Å². The molecule has 5 heteroatoms. The van der Waals surface area contributed by atoms with E-state index in [1.807, 2.05) is 0 Å². The third kappa shape index (κ3) is 9.63. The minimum absolute atomic E-state index is 0. The van der Waals surface area contributed by atoms with E-state index in [0.29, 0.717) is 19.8 Å². The molecule has 0 aromatic heterocycles. The van der Waals surface area contributed by atoms with E-state index in [4.69, 9.17) is 9.84 Å². The van der Waals surface area contributed by atoms with E-state index in [9.17, 15) is 4.79 Å². The fourth-order valence-electron chi connectivity index (χ4n) is 0.341. The third-order valence-corrected chi connectivity index (χ3v) is 0.679. The van der Waals surface area contributed by atoms with Crippen LogP contribution in [0.25, 0.3) is 0 Å². The van der Waals surface area contributed by atoms with Gasteiger partial charge >= 0.3 is 0 Å². The van der Waals surface area contributed by atoms with Crippen LogP contribution >= 0.6 is 0 Å². The summed E-state index contributed by atoms with van der Waals surface area (Å²) in [5.41, 5.74) is 0. The number of hydrogen-bond acceptors (Lipinski definition) is 3. The second kappa shape index (κ2) is 10.4. The van der Waals surface area contributed by atoms with Crippen LogP contribution in [-0.2, 0) is 9.53 Å². The molecule has 0 spiro atoms. The number of rotatable bonds is 6. The topological polar surface area (TPSA) is 58.6 Å². The summed E-state index contributed by atoms with van der Waals surface area (Å²) in [6, 6.07) is 0. The summed E-state index contributed by atoms with van der Waals surface area (Å²) in [6.45, 7) is 1.21. The number of amides is 1. The normalized spacial score (nSPS) is 8.10. The standard InChI is InChI=1S/C5H10NO3.Fm/c7-2-4-9-3-1-6-5-8;/h7H,1-4H2,(H,6,8);/q-1;. The van der Waals surface area contributed by atoms with Crippen LogP contribution in [0.4, 0.5) is 0 Å². The molecular weight excluding hydrogens is 379 g/mol. The Bertz CT molecular complexity index is 71.9. The monoisotopic (exact) mass is 389 g/mol. The molecule has 0 bridgehead atoms. The van der Waals surface area contributed by atoms with Gasteiger partial charge in [0.05, 0.1) is 19.8 Å². The first-order chi connectivity index (χ1) is 4.41. The van der Waals surface area contributed by atoms with Gasteiger partial charge in [-0.3, -0.25) is 0 Å². The molecule has 2 N–H and O–H groups in total. The van der Waals surface area contributed by atoms with E-state index < -0.39 is 0 Å². The van der Waals surface area contributed by atoms with Gasteiger partial charge in [-0.15, -0.1) is 0 Å². The Labute approximate surface area is 53.8 Å². The predicted molar refractivity (Wildman–Crippen MR) is 31.6 cm³/mol. The molecule has 0 unspecified atom stereocenters. The summed E-state index contributed by atoms with van der Waals surface area (Å²) in [7, 11) is 0. The van der Waals surface area contributed by atoms with Crippen molar-refractivity contribution in [3.05, 3.63) is 0 Å². The molecule has 4 nitrogen and oxygen atoms in total. The molecule has 66 valence electrons. The van der Waals surface area contributed by atoms with Gasteiger partial charge in [0.1, 0.15) is 0 Å². The van der Waals surface area contributed by atoms with Crippen molar-refractivity contribution < 1.29 is 14.6 Å². The summed E-state index contributed by atoms with van der Waals surface area (Å²) >= 11 is 0. The van der Waals surface area contributed by atoms with Gasteiger partial charge < -0.3 is 20.0 Å². The van der Waals surface area contributed by atoms with E-state index in [1.54, 1.807) is 0 Å². The summed E-state index contributed by atoms with van der Waals surface area (Å²) in [5, 5.41) is 10.5. The summed E-state index contributed by atoms with van der Waals surface area (Å²) in [5.74, 6) is 0. The zero-order valence-electron chi connectivity index (χ0n) is 5.38. The van der Waals surface area contributed by atoms with E-state index in [2.05, 4.69) is 5.32 Å². The van der Waals surface area contributed by atoms with Crippen molar-refractivity contribution in [2.45, 2.75) is 0 Å². The number of carbonyl (C=O) groups excluding carboxylic acids is 1. The Morgan fingerprint density at radius 1 is 1.50 bits per heavy atom. The molecule has 1 amide bonds. The molecule has 0 heterocycles. The molecule has 0 aromatic carbocycles. The number of hydrogen-bond donors (Lipinski definition) is 2. The maximum Gasteiger partial charge on any atom is 0.0698 e. The van der Waals surface area contributed by atoms with Gasteiger partial charge in [0.15, 0.2) is 0 Å². The first-order valence-electron chi connectivity index (χ1n) is 2.70. The Balaban J connectivity index is 0. The first-order valence-corrected chi connectivity index (χ1v) is 2.70. The molecule has 0 saturated heterocycles. The molecule has 0 aliphatic heterocycles. The Morgan fingerprint density at radius 3 is 2.70 bits per heavy atom. The van der Waals surface area contributed by atoms with Gasteiger partial charge in [0.25, 0.3) is 0 Å². The van der Waals surface area contributed by atoms with Gasteiger partial charge in [-0.05, 0) is 0 Å². The van der Waals surface area contributed by atoms with Crippen molar-refractivity contribution in [1.29, 1.82) is 0 Å². The van der Waals surface area contributed by atoms with Crippen LogP contribution in [-0.4, -0.2) is 37.9 Å². The molecule has 0 fully saturated rings. The zero-order valence-corrected chi connectivity index (χ0v) is 7.78. The van der Waals surface area contributed by atoms with Gasteiger partial charge in [-0.25, -0.2) is 0 Å². The maximum absolute atomic E-state index is 9.50.